The molecule has 0 unspecified atom stereocenters. The number of aliphatic hydroxyl groups excluding tert-OH is 2. The molecular weight excluding hydrogens is 1110 g/mol. The van der Waals surface area contributed by atoms with Crippen molar-refractivity contribution in [1.82, 2.24) is 57.7 Å². The molecular formula is C62H113N11O13. The van der Waals surface area contributed by atoms with Gasteiger partial charge in [0.1, 0.15) is 52.6 Å². The Balaban J connectivity index is 3.43. The smallest absolute Gasteiger partial charge is 0.246 e. The number of amides is 10. The lowest BCUT2D eigenvalue weighted by Gasteiger charge is -2.34. The number of aliphatic hydroxyl groups is 2. The summed E-state index contributed by atoms with van der Waals surface area (Å²) in [6, 6.07) is -6.53. The standard InChI is InChI=1S/C62H113N11O13/c1-21-38(9)23-24-49(77)73-33-40(11)31-47(73)55(82)66-46(30-39(10)29-43(75)32-42(74)22-2)53(80)68-50(51(78)37(7)8)56(83)70-61(15,16)58(85)67-44(27-35(3)4)52(79)65-45(28-36(5)6)54(81)69-62(17,18)59(86)71-60(13,14)57(84)63-26-25-48(76)64-41(12)34-72(19)20/h35-41,43-47,50-51,75,78H,21-34H2,1-20H3,(H,63,84)(H,64,76)(H,65,79)(H,66,82)(H,67,85)(H,68,80)(H,69,81)(H,70,83)(H,71,86)/t38-,39+,40-,41-,43-,44-,45-,46-,47-,50-,51+/m0/s1. The van der Waals surface area contributed by atoms with Crippen LogP contribution in [-0.2, 0) is 52.7 Å². The molecule has 1 heterocycles. The Morgan fingerprint density at radius 2 is 1.12 bits per heavy atom. The van der Waals surface area contributed by atoms with Crippen molar-refractivity contribution in [3.8, 4) is 0 Å². The molecule has 1 fully saturated rings. The monoisotopic (exact) mass is 1220 g/mol. The van der Waals surface area contributed by atoms with Crippen molar-refractivity contribution >= 4 is 64.9 Å². The van der Waals surface area contributed by atoms with Crippen LogP contribution in [0.25, 0.3) is 0 Å². The van der Waals surface area contributed by atoms with E-state index in [0.717, 1.165) is 6.42 Å². The fourth-order valence-electron chi connectivity index (χ4n) is 10.0. The summed E-state index contributed by atoms with van der Waals surface area (Å²) in [6.07, 6.45) is -0.0892. The summed E-state index contributed by atoms with van der Waals surface area (Å²) in [7, 11) is 3.77. The molecule has 0 aromatic rings. The lowest BCUT2D eigenvalue weighted by Crippen LogP contribution is -2.66. The van der Waals surface area contributed by atoms with Gasteiger partial charge < -0.3 is 67.9 Å². The number of rotatable bonds is 38. The maximum Gasteiger partial charge on any atom is 0.246 e. The third-order valence-electron chi connectivity index (χ3n) is 15.4. The summed E-state index contributed by atoms with van der Waals surface area (Å²) < 4.78 is 0. The maximum absolute atomic E-state index is 14.6. The van der Waals surface area contributed by atoms with E-state index in [1.807, 2.05) is 67.5 Å². The Labute approximate surface area is 513 Å². The second-order valence-electron chi connectivity index (χ2n) is 27.5. The van der Waals surface area contributed by atoms with E-state index >= 15 is 0 Å². The van der Waals surface area contributed by atoms with Crippen LogP contribution in [0.1, 0.15) is 195 Å². The van der Waals surface area contributed by atoms with Crippen molar-refractivity contribution in [2.24, 2.45) is 35.5 Å². The Morgan fingerprint density at radius 1 is 0.593 bits per heavy atom. The molecule has 0 aromatic heterocycles. The molecule has 1 rings (SSSR count). The quantitative estimate of drug-likeness (QED) is 0.0424. The molecule has 10 amide bonds. The first-order valence-electron chi connectivity index (χ1n) is 31.2. The minimum Gasteiger partial charge on any atom is -0.393 e. The van der Waals surface area contributed by atoms with Crippen LogP contribution in [-0.4, -0.2) is 184 Å². The summed E-state index contributed by atoms with van der Waals surface area (Å²) in [5.41, 5.74) is -4.92. The van der Waals surface area contributed by atoms with Gasteiger partial charge in [-0.3, -0.25) is 52.7 Å². The SMILES string of the molecule is CCC(=O)C[C@@H](O)C[C@@H](C)C[C@H](NC(=O)[C@@H]1C[C@H](C)CN1C(=O)CC[C@@H](C)CC)C(=O)N[C@H](C(=O)NC(C)(C)C(=O)N[C@@H](CC(C)C)C(=O)N[C@@H](CC(C)C)C(=O)NC(C)(C)C(=O)NC(C)(C)C(=O)NCCC(=O)N[C@@H](C)CN(C)C)[C@H](O)C(C)C. The summed E-state index contributed by atoms with van der Waals surface area (Å²) >= 11 is 0. The minimum absolute atomic E-state index is 0.00952. The Kier molecular flexibility index (Phi) is 32.7. The zero-order valence-corrected chi connectivity index (χ0v) is 55.8. The fourth-order valence-corrected chi connectivity index (χ4v) is 10.0. The van der Waals surface area contributed by atoms with Crippen molar-refractivity contribution in [1.29, 1.82) is 0 Å². The number of carbonyl (C=O) groups excluding carboxylic acids is 11. The Morgan fingerprint density at radius 3 is 1.65 bits per heavy atom. The predicted octanol–water partition coefficient (Wildman–Crippen LogP) is 2.50. The van der Waals surface area contributed by atoms with Crippen LogP contribution in [0, 0.1) is 35.5 Å². The van der Waals surface area contributed by atoms with Gasteiger partial charge in [0.15, 0.2) is 0 Å². The van der Waals surface area contributed by atoms with Gasteiger partial charge in [-0.1, -0.05) is 82.6 Å². The number of Topliss-reactive ketones (excluding diaryl/α,β-unsaturated/α-hetero) is 1. The summed E-state index contributed by atoms with van der Waals surface area (Å²) in [5, 5.41) is 46.8. The number of likely N-dealkylation sites (N-methyl/N-ethyl adjacent to an activating group) is 1. The van der Waals surface area contributed by atoms with E-state index in [1.54, 1.807) is 32.6 Å². The highest BCUT2D eigenvalue weighted by Crippen LogP contribution is 2.26. The second-order valence-corrected chi connectivity index (χ2v) is 27.5. The van der Waals surface area contributed by atoms with E-state index in [2.05, 4.69) is 54.8 Å². The van der Waals surface area contributed by atoms with Gasteiger partial charge >= 0.3 is 0 Å². The van der Waals surface area contributed by atoms with E-state index in [0.29, 0.717) is 31.8 Å². The lowest BCUT2D eigenvalue weighted by molar-refractivity contribution is -0.141. The van der Waals surface area contributed by atoms with Crippen molar-refractivity contribution in [2.45, 2.75) is 260 Å². The van der Waals surface area contributed by atoms with Crippen LogP contribution >= 0.6 is 0 Å². The molecule has 11 N–H and O–H groups in total. The normalized spacial score (nSPS) is 17.9. The van der Waals surface area contributed by atoms with Gasteiger partial charge in [0, 0.05) is 51.4 Å². The Hall–Kier alpha value is -5.75. The van der Waals surface area contributed by atoms with E-state index in [9.17, 15) is 63.0 Å². The molecule has 0 bridgehead atoms. The maximum atomic E-state index is 14.6. The van der Waals surface area contributed by atoms with Gasteiger partial charge in [-0.25, -0.2) is 0 Å². The van der Waals surface area contributed by atoms with Gasteiger partial charge in [-0.2, -0.15) is 0 Å². The van der Waals surface area contributed by atoms with Gasteiger partial charge in [0.25, 0.3) is 0 Å². The molecule has 494 valence electrons. The average Bonchev–Trinajstić information content (AvgIpc) is 3.94. The van der Waals surface area contributed by atoms with Gasteiger partial charge in [0.05, 0.1) is 12.2 Å². The number of nitrogens with one attached hydrogen (secondary N) is 9. The van der Waals surface area contributed by atoms with Gasteiger partial charge in [-0.05, 0) is 137 Å². The van der Waals surface area contributed by atoms with Crippen molar-refractivity contribution < 1.29 is 63.0 Å². The number of hydrogen-bond donors (Lipinski definition) is 11. The molecule has 11 atom stereocenters. The molecule has 0 aliphatic carbocycles. The highest BCUT2D eigenvalue weighted by Gasteiger charge is 2.43. The number of nitrogens with zero attached hydrogens (tertiary/aromatic N) is 2. The molecule has 24 heteroatoms. The van der Waals surface area contributed by atoms with E-state index in [-0.39, 0.29) is 99.3 Å². The summed E-state index contributed by atoms with van der Waals surface area (Å²) in [5.74, 6) is -7.76. The van der Waals surface area contributed by atoms with Crippen LogP contribution < -0.4 is 47.9 Å². The first kappa shape index (κ1) is 78.3. The first-order valence-corrected chi connectivity index (χ1v) is 31.2. The molecule has 1 saturated heterocycles. The molecule has 86 heavy (non-hydrogen) atoms. The van der Waals surface area contributed by atoms with Crippen molar-refractivity contribution in [3.63, 3.8) is 0 Å². The third kappa shape index (κ3) is 27.5. The molecule has 1 aliphatic rings. The van der Waals surface area contributed by atoms with Gasteiger partial charge in [0.2, 0.25) is 59.1 Å². The predicted molar refractivity (Wildman–Crippen MR) is 330 cm³/mol. The van der Waals surface area contributed by atoms with Crippen LogP contribution in [0.2, 0.25) is 0 Å². The zero-order chi connectivity index (χ0) is 66.4. The summed E-state index contributed by atoms with van der Waals surface area (Å²) in [4.78, 5) is 155. The van der Waals surface area contributed by atoms with E-state index < -0.39 is 118 Å². The highest BCUT2D eigenvalue weighted by atomic mass is 16.3. The van der Waals surface area contributed by atoms with Crippen molar-refractivity contribution in [2.75, 3.05) is 33.7 Å². The molecule has 0 saturated carbocycles. The number of ketones is 1. The van der Waals surface area contributed by atoms with E-state index in [4.69, 9.17) is 0 Å². The topological polar surface area (TPSA) is 343 Å². The molecule has 0 spiro atoms. The number of likely N-dealkylation sites (tertiary alicyclic amines) is 1. The molecule has 0 radical (unpaired) electrons. The van der Waals surface area contributed by atoms with Crippen LogP contribution in [0.4, 0.5) is 0 Å². The largest absolute Gasteiger partial charge is 0.393 e. The zero-order valence-electron chi connectivity index (χ0n) is 55.8. The third-order valence-corrected chi connectivity index (χ3v) is 15.4. The highest BCUT2D eigenvalue weighted by molar-refractivity contribution is 6.00. The van der Waals surface area contributed by atoms with Gasteiger partial charge in [-0.15, -0.1) is 0 Å². The van der Waals surface area contributed by atoms with Crippen LogP contribution in [0.3, 0.4) is 0 Å². The van der Waals surface area contributed by atoms with E-state index in [1.165, 1.54) is 41.5 Å². The second kappa shape index (κ2) is 35.9. The summed E-state index contributed by atoms with van der Waals surface area (Å²) in [6.45, 7) is 31.4. The lowest BCUT2D eigenvalue weighted by atomic mass is 9.92. The molecule has 1 aliphatic heterocycles. The van der Waals surface area contributed by atoms with Crippen LogP contribution in [0.5, 0.6) is 0 Å². The molecule has 0 aromatic carbocycles. The Bertz CT molecular complexity index is 2290. The minimum atomic E-state index is -1.82. The van der Waals surface area contributed by atoms with Crippen molar-refractivity contribution in [3.05, 3.63) is 0 Å². The first-order chi connectivity index (χ1) is 39.6. The van der Waals surface area contributed by atoms with Crippen LogP contribution in [0.15, 0.2) is 0 Å². The fraction of sp³-hybridized carbons (Fsp3) is 0.823. The number of carbonyl (C=O) groups is 11. The number of hydrogen-bond acceptors (Lipinski definition) is 14. The molecule has 24 nitrogen and oxygen atoms in total. The average molecular weight is 1220 g/mol.